The fourth-order valence-electron chi connectivity index (χ4n) is 3.47. The zero-order chi connectivity index (χ0) is 21.5. The van der Waals surface area contributed by atoms with E-state index in [0.717, 1.165) is 31.7 Å². The molecule has 0 radical (unpaired) electrons. The minimum atomic E-state index is -0.768. The van der Waals surface area contributed by atoms with Gasteiger partial charge in [-0.2, -0.15) is 0 Å². The van der Waals surface area contributed by atoms with Crippen LogP contribution in [-0.2, 0) is 9.59 Å². The molecule has 1 fully saturated rings. The number of likely N-dealkylation sites (N-methyl/N-ethyl adjacent to an activating group) is 1. The van der Waals surface area contributed by atoms with Crippen molar-refractivity contribution in [1.29, 1.82) is 0 Å². The van der Waals surface area contributed by atoms with E-state index in [9.17, 15) is 14.0 Å². The van der Waals surface area contributed by atoms with Crippen LogP contribution >= 0.6 is 0 Å². The van der Waals surface area contributed by atoms with Crippen LogP contribution in [0.15, 0.2) is 48.5 Å². The van der Waals surface area contributed by atoms with Crippen molar-refractivity contribution < 1.29 is 18.7 Å². The van der Waals surface area contributed by atoms with Crippen molar-refractivity contribution in [1.82, 2.24) is 15.1 Å². The number of nitrogens with one attached hydrogen (secondary N) is 2. The molecule has 2 aromatic carbocycles. The smallest absolute Gasteiger partial charge is 0.313 e. The van der Waals surface area contributed by atoms with Gasteiger partial charge in [-0.3, -0.25) is 14.5 Å². The number of ether oxygens (including phenoxy) is 1. The van der Waals surface area contributed by atoms with Crippen LogP contribution in [0.2, 0.25) is 0 Å². The average molecular weight is 414 g/mol. The first-order valence-electron chi connectivity index (χ1n) is 9.88. The van der Waals surface area contributed by atoms with Crippen LogP contribution in [0.4, 0.5) is 10.1 Å². The number of methoxy groups -OCH3 is 1. The van der Waals surface area contributed by atoms with Crippen molar-refractivity contribution in [3.8, 4) is 5.75 Å². The Morgan fingerprint density at radius 3 is 2.37 bits per heavy atom. The summed E-state index contributed by atoms with van der Waals surface area (Å²) in [5, 5.41) is 5.29. The summed E-state index contributed by atoms with van der Waals surface area (Å²) in [6.45, 7) is 3.69. The van der Waals surface area contributed by atoms with E-state index in [2.05, 4.69) is 27.5 Å². The number of piperazine rings is 1. The van der Waals surface area contributed by atoms with Crippen molar-refractivity contribution in [3.05, 3.63) is 59.9 Å². The molecular formula is C22H27FN4O3. The summed E-state index contributed by atoms with van der Waals surface area (Å²) < 4.78 is 18.6. The van der Waals surface area contributed by atoms with E-state index in [-0.39, 0.29) is 18.4 Å². The Bertz CT molecular complexity index is 867. The van der Waals surface area contributed by atoms with Crippen molar-refractivity contribution in [2.24, 2.45) is 0 Å². The van der Waals surface area contributed by atoms with Crippen LogP contribution in [0, 0.1) is 5.82 Å². The second-order valence-electron chi connectivity index (χ2n) is 7.27. The lowest BCUT2D eigenvalue weighted by Crippen LogP contribution is -2.49. The van der Waals surface area contributed by atoms with Gasteiger partial charge < -0.3 is 20.3 Å². The fourth-order valence-corrected chi connectivity index (χ4v) is 3.47. The molecule has 0 bridgehead atoms. The Balaban J connectivity index is 1.66. The molecule has 1 heterocycles. The summed E-state index contributed by atoms with van der Waals surface area (Å²) in [7, 11) is 3.56. The molecule has 2 aromatic rings. The lowest BCUT2D eigenvalue weighted by molar-refractivity contribution is -0.136. The topological polar surface area (TPSA) is 73.9 Å². The maximum Gasteiger partial charge on any atom is 0.313 e. The highest BCUT2D eigenvalue weighted by atomic mass is 19.1. The molecule has 1 atom stereocenters. The van der Waals surface area contributed by atoms with Crippen LogP contribution in [0.1, 0.15) is 11.6 Å². The first-order valence-corrected chi connectivity index (χ1v) is 9.88. The molecular weight excluding hydrogens is 387 g/mol. The van der Waals surface area contributed by atoms with Gasteiger partial charge >= 0.3 is 11.8 Å². The van der Waals surface area contributed by atoms with Gasteiger partial charge in [-0.25, -0.2) is 4.39 Å². The minimum absolute atomic E-state index is 0.151. The second-order valence-corrected chi connectivity index (χ2v) is 7.27. The van der Waals surface area contributed by atoms with E-state index in [4.69, 9.17) is 4.74 Å². The molecule has 2 N–H and O–H groups in total. The number of rotatable bonds is 6. The number of benzene rings is 2. The van der Waals surface area contributed by atoms with Crippen LogP contribution < -0.4 is 15.4 Å². The first kappa shape index (κ1) is 21.7. The quantitative estimate of drug-likeness (QED) is 0.706. The molecule has 160 valence electrons. The van der Waals surface area contributed by atoms with Gasteiger partial charge in [0.05, 0.1) is 18.8 Å². The van der Waals surface area contributed by atoms with Crippen LogP contribution in [0.25, 0.3) is 0 Å². The zero-order valence-corrected chi connectivity index (χ0v) is 17.2. The standard InChI is InChI=1S/C22H27FN4O3/c1-26-11-13-27(14-12-26)19(16-7-9-17(23)10-8-16)15-24-21(28)22(29)25-18-5-3-4-6-20(18)30-2/h3-10,19H,11-15H2,1-2H3,(H,24,28)(H,25,29). The third-order valence-corrected chi connectivity index (χ3v) is 5.25. The average Bonchev–Trinajstić information content (AvgIpc) is 2.76. The summed E-state index contributed by atoms with van der Waals surface area (Å²) in [4.78, 5) is 29.2. The maximum atomic E-state index is 13.4. The molecule has 1 aliphatic heterocycles. The summed E-state index contributed by atoms with van der Waals surface area (Å²) in [5.74, 6) is -1.34. The van der Waals surface area contributed by atoms with Gasteiger partial charge in [-0.1, -0.05) is 24.3 Å². The summed E-state index contributed by atoms with van der Waals surface area (Å²) in [6.07, 6.45) is 0. The number of carbonyl (C=O) groups is 2. The van der Waals surface area contributed by atoms with Crippen LogP contribution in [-0.4, -0.2) is 68.5 Å². The molecule has 0 aromatic heterocycles. The Labute approximate surface area is 175 Å². The van der Waals surface area contributed by atoms with E-state index in [0.29, 0.717) is 11.4 Å². The molecule has 1 aliphatic rings. The Morgan fingerprint density at radius 1 is 1.03 bits per heavy atom. The first-order chi connectivity index (χ1) is 14.5. The van der Waals surface area contributed by atoms with Crippen molar-refractivity contribution >= 4 is 17.5 Å². The highest BCUT2D eigenvalue weighted by Gasteiger charge is 2.25. The number of hydrogen-bond donors (Lipinski definition) is 2. The third-order valence-electron chi connectivity index (χ3n) is 5.25. The molecule has 7 nitrogen and oxygen atoms in total. The Hall–Kier alpha value is -2.97. The van der Waals surface area contributed by atoms with Gasteiger partial charge in [0, 0.05) is 32.7 Å². The number of amides is 2. The highest BCUT2D eigenvalue weighted by molar-refractivity contribution is 6.39. The minimum Gasteiger partial charge on any atom is -0.495 e. The SMILES string of the molecule is COc1ccccc1NC(=O)C(=O)NCC(c1ccc(F)cc1)N1CCN(C)CC1. The van der Waals surface area contributed by atoms with E-state index in [1.54, 1.807) is 36.4 Å². The predicted molar refractivity (Wildman–Crippen MR) is 113 cm³/mol. The molecule has 1 saturated heterocycles. The summed E-state index contributed by atoms with van der Waals surface area (Å²) in [5.41, 5.74) is 1.32. The lowest BCUT2D eigenvalue weighted by atomic mass is 10.0. The number of anilines is 1. The number of para-hydroxylation sites is 2. The summed E-state index contributed by atoms with van der Waals surface area (Å²) in [6, 6.07) is 13.0. The molecule has 2 amide bonds. The number of halogens is 1. The van der Waals surface area contributed by atoms with E-state index in [1.807, 2.05) is 0 Å². The van der Waals surface area contributed by atoms with Gasteiger partial charge in [0.25, 0.3) is 0 Å². The van der Waals surface area contributed by atoms with E-state index >= 15 is 0 Å². The molecule has 0 spiro atoms. The molecule has 0 aliphatic carbocycles. The summed E-state index contributed by atoms with van der Waals surface area (Å²) >= 11 is 0. The largest absolute Gasteiger partial charge is 0.495 e. The monoisotopic (exact) mass is 414 g/mol. The lowest BCUT2D eigenvalue weighted by Gasteiger charge is -2.38. The van der Waals surface area contributed by atoms with Gasteiger partial charge in [0.1, 0.15) is 11.6 Å². The van der Waals surface area contributed by atoms with Gasteiger partial charge in [-0.05, 0) is 36.9 Å². The Kier molecular flexibility index (Phi) is 7.37. The third kappa shape index (κ3) is 5.55. The second kappa shape index (κ2) is 10.2. The van der Waals surface area contributed by atoms with Gasteiger partial charge in [-0.15, -0.1) is 0 Å². The molecule has 8 heteroatoms. The molecule has 1 unspecified atom stereocenters. The van der Waals surface area contributed by atoms with Crippen LogP contribution in [0.3, 0.4) is 0 Å². The molecule has 3 rings (SSSR count). The Morgan fingerprint density at radius 2 is 1.70 bits per heavy atom. The highest BCUT2D eigenvalue weighted by Crippen LogP contribution is 2.23. The number of nitrogens with zero attached hydrogens (tertiary/aromatic N) is 2. The zero-order valence-electron chi connectivity index (χ0n) is 17.2. The molecule has 0 saturated carbocycles. The fraction of sp³-hybridized carbons (Fsp3) is 0.364. The van der Waals surface area contributed by atoms with E-state index in [1.165, 1.54) is 19.2 Å². The maximum absolute atomic E-state index is 13.4. The van der Waals surface area contributed by atoms with Crippen molar-refractivity contribution in [3.63, 3.8) is 0 Å². The van der Waals surface area contributed by atoms with Gasteiger partial charge in [0.2, 0.25) is 0 Å². The number of hydrogen-bond acceptors (Lipinski definition) is 5. The normalized spacial score (nSPS) is 16.0. The van der Waals surface area contributed by atoms with E-state index < -0.39 is 11.8 Å². The molecule has 30 heavy (non-hydrogen) atoms. The number of carbonyl (C=O) groups excluding carboxylic acids is 2. The van der Waals surface area contributed by atoms with Gasteiger partial charge in [0.15, 0.2) is 0 Å². The van der Waals surface area contributed by atoms with Crippen molar-refractivity contribution in [2.75, 3.05) is 52.2 Å². The van der Waals surface area contributed by atoms with Crippen LogP contribution in [0.5, 0.6) is 5.75 Å². The van der Waals surface area contributed by atoms with Crippen molar-refractivity contribution in [2.45, 2.75) is 6.04 Å². The predicted octanol–water partition coefficient (Wildman–Crippen LogP) is 1.88.